The molecule has 82 valence electrons. The lowest BCUT2D eigenvalue weighted by Crippen LogP contribution is -2.43. The molecule has 2 bridgehead atoms. The number of hydrogen-bond donors (Lipinski definition) is 0. The van der Waals surface area contributed by atoms with Crippen molar-refractivity contribution in [1.82, 2.24) is 10.0 Å². The van der Waals surface area contributed by atoms with Crippen molar-refractivity contribution in [2.24, 2.45) is 11.8 Å². The molecule has 3 rings (SSSR count). The molecule has 3 fully saturated rings. The van der Waals surface area contributed by atoms with Gasteiger partial charge in [-0.05, 0) is 12.8 Å². The highest BCUT2D eigenvalue weighted by molar-refractivity contribution is 6.05. The first kappa shape index (κ1) is 9.30. The number of fused-ring (bicyclic) bond motifs is 5. The molecule has 5 nitrogen and oxygen atoms in total. The molecule has 4 atom stereocenters. The molecule has 0 aromatic carbocycles. The Morgan fingerprint density at radius 2 is 1.60 bits per heavy atom. The number of carbonyl (C=O) groups excluding carboxylic acids is 2. The van der Waals surface area contributed by atoms with Gasteiger partial charge in [0.05, 0.1) is 24.0 Å². The summed E-state index contributed by atoms with van der Waals surface area (Å²) in [6.45, 7) is 0. The lowest BCUT2D eigenvalue weighted by Gasteiger charge is -2.23. The number of imide groups is 1. The Kier molecular flexibility index (Phi) is 1.73. The van der Waals surface area contributed by atoms with Crippen LogP contribution in [-0.2, 0) is 14.3 Å². The van der Waals surface area contributed by atoms with Crippen LogP contribution in [0.1, 0.15) is 12.8 Å². The molecule has 0 spiro atoms. The SMILES string of the molecule is CN(C)N1C(=O)C2C3CCC(O3)C2C1=O. The number of nitrogens with zero attached hydrogens (tertiary/aromatic N) is 2. The van der Waals surface area contributed by atoms with Crippen LogP contribution in [0.3, 0.4) is 0 Å². The predicted molar refractivity (Wildman–Crippen MR) is 50.4 cm³/mol. The highest BCUT2D eigenvalue weighted by atomic mass is 16.5. The Hall–Kier alpha value is -0.940. The van der Waals surface area contributed by atoms with Crippen LogP contribution >= 0.6 is 0 Å². The quantitative estimate of drug-likeness (QED) is 0.554. The molecule has 0 aliphatic carbocycles. The Morgan fingerprint density at radius 3 is 2.00 bits per heavy atom. The maximum Gasteiger partial charge on any atom is 0.250 e. The van der Waals surface area contributed by atoms with Gasteiger partial charge in [0.25, 0.3) is 11.8 Å². The molecule has 4 unspecified atom stereocenters. The number of hydrogen-bond acceptors (Lipinski definition) is 4. The number of ether oxygens (including phenoxy) is 1. The number of carbonyl (C=O) groups is 2. The van der Waals surface area contributed by atoms with E-state index >= 15 is 0 Å². The van der Waals surface area contributed by atoms with Crippen molar-refractivity contribution in [3.63, 3.8) is 0 Å². The minimum absolute atomic E-state index is 0.0126. The third-order valence-corrected chi connectivity index (χ3v) is 3.66. The molecule has 0 radical (unpaired) electrons. The predicted octanol–water partition coefficient (Wildman–Crippen LogP) is -0.375. The van der Waals surface area contributed by atoms with Crippen LogP contribution in [0.2, 0.25) is 0 Å². The second kappa shape index (κ2) is 2.80. The van der Waals surface area contributed by atoms with Crippen molar-refractivity contribution in [1.29, 1.82) is 0 Å². The van der Waals surface area contributed by atoms with E-state index in [9.17, 15) is 9.59 Å². The molecule has 5 heteroatoms. The minimum Gasteiger partial charge on any atom is -0.373 e. The van der Waals surface area contributed by atoms with Gasteiger partial charge in [0.1, 0.15) is 0 Å². The van der Waals surface area contributed by atoms with E-state index in [1.807, 2.05) is 0 Å². The molecule has 0 aromatic rings. The van der Waals surface area contributed by atoms with E-state index in [4.69, 9.17) is 4.74 Å². The lowest BCUT2D eigenvalue weighted by molar-refractivity contribution is -0.157. The van der Waals surface area contributed by atoms with E-state index in [1.165, 1.54) is 5.01 Å². The fraction of sp³-hybridized carbons (Fsp3) is 0.800. The van der Waals surface area contributed by atoms with Gasteiger partial charge in [-0.1, -0.05) is 0 Å². The van der Waals surface area contributed by atoms with E-state index in [0.717, 1.165) is 12.8 Å². The molecular formula is C10H14N2O3. The Morgan fingerprint density at radius 1 is 1.13 bits per heavy atom. The Balaban J connectivity index is 1.97. The van der Waals surface area contributed by atoms with E-state index < -0.39 is 0 Å². The second-order valence-electron chi connectivity index (χ2n) is 4.68. The fourth-order valence-electron chi connectivity index (χ4n) is 3.09. The fourth-order valence-corrected chi connectivity index (χ4v) is 3.09. The Labute approximate surface area is 87.9 Å². The summed E-state index contributed by atoms with van der Waals surface area (Å²) in [6.07, 6.45) is 1.82. The van der Waals surface area contributed by atoms with Crippen molar-refractivity contribution in [3.8, 4) is 0 Å². The largest absolute Gasteiger partial charge is 0.373 e. The van der Waals surface area contributed by atoms with Gasteiger partial charge in [0.2, 0.25) is 0 Å². The number of amides is 2. The van der Waals surface area contributed by atoms with Gasteiger partial charge in [-0.3, -0.25) is 9.59 Å². The van der Waals surface area contributed by atoms with Gasteiger partial charge in [0.15, 0.2) is 0 Å². The summed E-state index contributed by atoms with van der Waals surface area (Å²) in [5.74, 6) is -0.582. The van der Waals surface area contributed by atoms with Crippen LogP contribution < -0.4 is 0 Å². The zero-order valence-corrected chi connectivity index (χ0v) is 8.84. The van der Waals surface area contributed by atoms with Gasteiger partial charge in [-0.25, -0.2) is 10.0 Å². The van der Waals surface area contributed by atoms with Crippen LogP contribution in [0, 0.1) is 11.8 Å². The van der Waals surface area contributed by atoms with Crippen molar-refractivity contribution in [2.45, 2.75) is 25.0 Å². The highest BCUT2D eigenvalue weighted by Crippen LogP contribution is 2.48. The van der Waals surface area contributed by atoms with Gasteiger partial charge in [-0.2, -0.15) is 0 Å². The van der Waals surface area contributed by atoms with E-state index in [-0.39, 0.29) is 35.9 Å². The lowest BCUT2D eigenvalue weighted by atomic mass is 9.81. The molecule has 3 aliphatic heterocycles. The first-order chi connectivity index (χ1) is 7.11. The molecule has 2 amide bonds. The summed E-state index contributed by atoms with van der Waals surface area (Å²) in [7, 11) is 3.44. The van der Waals surface area contributed by atoms with Gasteiger partial charge >= 0.3 is 0 Å². The van der Waals surface area contributed by atoms with E-state index in [0.29, 0.717) is 0 Å². The maximum absolute atomic E-state index is 12.0. The summed E-state index contributed by atoms with van der Waals surface area (Å²) in [5.41, 5.74) is 0. The average Bonchev–Trinajstić information content (AvgIpc) is 2.79. The number of hydrazine groups is 1. The average molecular weight is 210 g/mol. The molecule has 0 aromatic heterocycles. The molecule has 0 saturated carbocycles. The topological polar surface area (TPSA) is 49.9 Å². The summed E-state index contributed by atoms with van der Waals surface area (Å²) in [4.78, 5) is 24.0. The van der Waals surface area contributed by atoms with Gasteiger partial charge < -0.3 is 4.74 Å². The zero-order chi connectivity index (χ0) is 10.7. The zero-order valence-electron chi connectivity index (χ0n) is 8.84. The molecule has 15 heavy (non-hydrogen) atoms. The van der Waals surface area contributed by atoms with Crippen molar-refractivity contribution in [2.75, 3.05) is 14.1 Å². The van der Waals surface area contributed by atoms with Crippen LogP contribution in [0.5, 0.6) is 0 Å². The molecule has 3 aliphatic rings. The summed E-state index contributed by atoms with van der Waals surface area (Å²) >= 11 is 0. The number of rotatable bonds is 1. The first-order valence-corrected chi connectivity index (χ1v) is 5.32. The van der Waals surface area contributed by atoms with Gasteiger partial charge in [0, 0.05) is 14.1 Å². The molecular weight excluding hydrogens is 196 g/mol. The maximum atomic E-state index is 12.0. The molecule has 0 N–H and O–H groups in total. The Bertz CT molecular complexity index is 314. The van der Waals surface area contributed by atoms with Crippen LogP contribution in [-0.4, -0.2) is 48.1 Å². The molecule has 3 heterocycles. The normalized spacial score (nSPS) is 43.3. The summed E-state index contributed by atoms with van der Waals surface area (Å²) in [6, 6.07) is 0. The minimum atomic E-state index is -0.210. The van der Waals surface area contributed by atoms with Crippen LogP contribution in [0.15, 0.2) is 0 Å². The molecule has 3 saturated heterocycles. The third-order valence-electron chi connectivity index (χ3n) is 3.66. The van der Waals surface area contributed by atoms with E-state index in [2.05, 4.69) is 0 Å². The smallest absolute Gasteiger partial charge is 0.250 e. The van der Waals surface area contributed by atoms with Crippen LogP contribution in [0.4, 0.5) is 0 Å². The first-order valence-electron chi connectivity index (χ1n) is 5.32. The van der Waals surface area contributed by atoms with Crippen LogP contribution in [0.25, 0.3) is 0 Å². The van der Waals surface area contributed by atoms with E-state index in [1.54, 1.807) is 19.1 Å². The van der Waals surface area contributed by atoms with Crippen molar-refractivity contribution in [3.05, 3.63) is 0 Å². The second-order valence-corrected chi connectivity index (χ2v) is 4.68. The highest BCUT2D eigenvalue weighted by Gasteiger charge is 2.62. The standard InChI is InChI=1S/C10H14N2O3/c1-11(2)12-9(13)7-5-3-4-6(15-5)8(7)10(12)14/h5-8H,3-4H2,1-2H3. The summed E-state index contributed by atoms with van der Waals surface area (Å²) < 4.78 is 5.62. The van der Waals surface area contributed by atoms with Crippen molar-refractivity contribution < 1.29 is 14.3 Å². The monoisotopic (exact) mass is 210 g/mol. The third kappa shape index (κ3) is 0.995. The van der Waals surface area contributed by atoms with Gasteiger partial charge in [-0.15, -0.1) is 0 Å². The van der Waals surface area contributed by atoms with Crippen molar-refractivity contribution >= 4 is 11.8 Å². The summed E-state index contributed by atoms with van der Waals surface area (Å²) in [5, 5.41) is 2.84.